The number of amides is 1. The number of piperidine rings is 1. The van der Waals surface area contributed by atoms with Crippen molar-refractivity contribution in [1.82, 2.24) is 10.2 Å². The van der Waals surface area contributed by atoms with E-state index in [4.69, 9.17) is 23.2 Å². The van der Waals surface area contributed by atoms with Crippen LogP contribution in [0.3, 0.4) is 0 Å². The van der Waals surface area contributed by atoms with E-state index in [-0.39, 0.29) is 24.2 Å². The third-order valence-corrected chi connectivity index (χ3v) is 5.09. The molecule has 122 valence electrons. The zero-order chi connectivity index (χ0) is 15.0. The summed E-state index contributed by atoms with van der Waals surface area (Å²) in [4.78, 5) is 14.7. The van der Waals surface area contributed by atoms with Gasteiger partial charge in [-0.2, -0.15) is 0 Å². The summed E-state index contributed by atoms with van der Waals surface area (Å²) in [6.45, 7) is 4.45. The van der Waals surface area contributed by atoms with E-state index in [2.05, 4.69) is 12.2 Å². The van der Waals surface area contributed by atoms with Crippen LogP contribution in [0.15, 0.2) is 12.1 Å². The van der Waals surface area contributed by atoms with Crippen LogP contribution in [0.4, 0.5) is 0 Å². The van der Waals surface area contributed by atoms with Gasteiger partial charge in [0.05, 0.1) is 0 Å². The first-order valence-electron chi connectivity index (χ1n) is 7.53. The molecular weight excluding hydrogens is 343 g/mol. The third kappa shape index (κ3) is 3.70. The lowest BCUT2D eigenvalue weighted by Crippen LogP contribution is -2.45. The standard InChI is InChI=1S/C16H20Cl2N2O.ClH/c1-10-6-12(2-4-19-10)16(21)20-5-3-11-7-13(17)8-15(18)14(11)9-20;/h7-8,10,12,19H,2-6,9H2,1H3;1H/t10-,12-;/m0./s1. The summed E-state index contributed by atoms with van der Waals surface area (Å²) in [5.74, 6) is 0.425. The minimum absolute atomic E-state index is 0. The van der Waals surface area contributed by atoms with Crippen LogP contribution < -0.4 is 5.32 Å². The van der Waals surface area contributed by atoms with Crippen molar-refractivity contribution in [3.8, 4) is 0 Å². The predicted molar refractivity (Wildman–Crippen MR) is 93.0 cm³/mol. The molecule has 2 atom stereocenters. The second kappa shape index (κ2) is 7.39. The Balaban J connectivity index is 0.00000176. The van der Waals surface area contributed by atoms with Crippen molar-refractivity contribution in [2.24, 2.45) is 5.92 Å². The molecule has 0 bridgehead atoms. The fourth-order valence-corrected chi connectivity index (χ4v) is 3.98. The highest BCUT2D eigenvalue weighted by Crippen LogP contribution is 2.31. The number of carbonyl (C=O) groups excluding carboxylic acids is 1. The SMILES string of the molecule is C[C@H]1C[C@@H](C(=O)N2CCc3cc(Cl)cc(Cl)c3C2)CCN1.Cl. The first kappa shape index (κ1) is 17.9. The number of nitrogens with one attached hydrogen (secondary N) is 1. The van der Waals surface area contributed by atoms with Gasteiger partial charge >= 0.3 is 0 Å². The molecule has 0 spiro atoms. The van der Waals surface area contributed by atoms with Gasteiger partial charge in [-0.3, -0.25) is 4.79 Å². The molecule has 1 aromatic carbocycles. The first-order valence-corrected chi connectivity index (χ1v) is 8.29. The average Bonchev–Trinajstić information content (AvgIpc) is 2.46. The maximum atomic E-state index is 12.7. The van der Waals surface area contributed by atoms with E-state index in [1.807, 2.05) is 11.0 Å². The molecule has 0 radical (unpaired) electrons. The van der Waals surface area contributed by atoms with Crippen LogP contribution in [0.25, 0.3) is 0 Å². The molecule has 0 saturated carbocycles. The maximum absolute atomic E-state index is 12.7. The molecule has 6 heteroatoms. The van der Waals surface area contributed by atoms with Crippen LogP contribution in [-0.4, -0.2) is 29.9 Å². The van der Waals surface area contributed by atoms with Gasteiger partial charge in [-0.15, -0.1) is 12.4 Å². The van der Waals surface area contributed by atoms with E-state index in [0.717, 1.165) is 37.9 Å². The Morgan fingerprint density at radius 3 is 2.86 bits per heavy atom. The number of nitrogens with zero attached hydrogens (tertiary/aromatic N) is 1. The fraction of sp³-hybridized carbons (Fsp3) is 0.562. The zero-order valence-corrected chi connectivity index (χ0v) is 14.9. The van der Waals surface area contributed by atoms with Crippen LogP contribution in [0.2, 0.25) is 10.0 Å². The van der Waals surface area contributed by atoms with Gasteiger partial charge in [-0.05, 0) is 56.0 Å². The lowest BCUT2D eigenvalue weighted by Gasteiger charge is -2.35. The van der Waals surface area contributed by atoms with Gasteiger partial charge in [0.25, 0.3) is 0 Å². The molecule has 2 aliphatic rings. The molecular formula is C16H21Cl3N2O. The monoisotopic (exact) mass is 362 g/mol. The number of benzene rings is 1. The largest absolute Gasteiger partial charge is 0.338 e. The van der Waals surface area contributed by atoms with Gasteiger partial charge in [-0.25, -0.2) is 0 Å². The molecule has 2 aliphatic heterocycles. The Hall–Kier alpha value is -0.480. The molecule has 3 nitrogen and oxygen atoms in total. The highest BCUT2D eigenvalue weighted by molar-refractivity contribution is 6.35. The van der Waals surface area contributed by atoms with E-state index in [1.165, 1.54) is 5.56 Å². The summed E-state index contributed by atoms with van der Waals surface area (Å²) >= 11 is 12.3. The van der Waals surface area contributed by atoms with Crippen molar-refractivity contribution in [1.29, 1.82) is 0 Å². The molecule has 3 rings (SSSR count). The zero-order valence-electron chi connectivity index (χ0n) is 12.6. The molecule has 0 aliphatic carbocycles. The van der Waals surface area contributed by atoms with Crippen molar-refractivity contribution in [2.45, 2.75) is 38.8 Å². The second-order valence-electron chi connectivity index (χ2n) is 6.11. The number of carbonyl (C=O) groups is 1. The summed E-state index contributed by atoms with van der Waals surface area (Å²) in [6.07, 6.45) is 2.69. The molecule has 0 aromatic heterocycles. The molecule has 1 N–H and O–H groups in total. The molecule has 1 amide bonds. The second-order valence-corrected chi connectivity index (χ2v) is 6.96. The Morgan fingerprint density at radius 2 is 2.14 bits per heavy atom. The average molecular weight is 364 g/mol. The van der Waals surface area contributed by atoms with Crippen molar-refractivity contribution in [3.63, 3.8) is 0 Å². The van der Waals surface area contributed by atoms with E-state index in [9.17, 15) is 4.79 Å². The van der Waals surface area contributed by atoms with Crippen molar-refractivity contribution < 1.29 is 4.79 Å². The molecule has 0 unspecified atom stereocenters. The summed E-state index contributed by atoms with van der Waals surface area (Å²) in [5, 5.41) is 4.74. The summed E-state index contributed by atoms with van der Waals surface area (Å²) in [5.41, 5.74) is 2.23. The Morgan fingerprint density at radius 1 is 1.36 bits per heavy atom. The lowest BCUT2D eigenvalue weighted by molar-refractivity contribution is -0.137. The van der Waals surface area contributed by atoms with Gasteiger partial charge in [0, 0.05) is 35.1 Å². The minimum atomic E-state index is 0. The smallest absolute Gasteiger partial charge is 0.226 e. The Labute approximate surface area is 147 Å². The molecule has 1 saturated heterocycles. The molecule has 1 aromatic rings. The number of rotatable bonds is 1. The Kier molecular flexibility index (Phi) is 6.00. The number of halogens is 3. The van der Waals surface area contributed by atoms with E-state index in [0.29, 0.717) is 22.6 Å². The number of hydrogen-bond donors (Lipinski definition) is 1. The molecule has 2 heterocycles. The van der Waals surface area contributed by atoms with Gasteiger partial charge in [-0.1, -0.05) is 23.2 Å². The van der Waals surface area contributed by atoms with Crippen LogP contribution >= 0.6 is 35.6 Å². The van der Waals surface area contributed by atoms with E-state index in [1.54, 1.807) is 6.07 Å². The summed E-state index contributed by atoms with van der Waals surface area (Å²) in [6, 6.07) is 4.16. The number of hydrogen-bond acceptors (Lipinski definition) is 2. The van der Waals surface area contributed by atoms with Crippen LogP contribution in [-0.2, 0) is 17.8 Å². The predicted octanol–water partition coefficient (Wildman–Crippen LogP) is 3.69. The molecule has 1 fully saturated rings. The van der Waals surface area contributed by atoms with E-state index >= 15 is 0 Å². The van der Waals surface area contributed by atoms with Gasteiger partial charge < -0.3 is 10.2 Å². The number of fused-ring (bicyclic) bond motifs is 1. The van der Waals surface area contributed by atoms with Gasteiger partial charge in [0.1, 0.15) is 0 Å². The lowest BCUT2D eigenvalue weighted by atomic mass is 9.90. The highest BCUT2D eigenvalue weighted by atomic mass is 35.5. The normalized spacial score (nSPS) is 24.4. The maximum Gasteiger partial charge on any atom is 0.226 e. The third-order valence-electron chi connectivity index (χ3n) is 4.54. The van der Waals surface area contributed by atoms with Crippen LogP contribution in [0.1, 0.15) is 30.9 Å². The highest BCUT2D eigenvalue weighted by Gasteiger charge is 2.30. The summed E-state index contributed by atoms with van der Waals surface area (Å²) < 4.78 is 0. The molecule has 22 heavy (non-hydrogen) atoms. The van der Waals surface area contributed by atoms with Crippen molar-refractivity contribution >= 4 is 41.5 Å². The quantitative estimate of drug-likeness (QED) is 0.825. The van der Waals surface area contributed by atoms with Crippen LogP contribution in [0.5, 0.6) is 0 Å². The van der Waals surface area contributed by atoms with Gasteiger partial charge in [0.15, 0.2) is 0 Å². The van der Waals surface area contributed by atoms with Crippen molar-refractivity contribution in [3.05, 3.63) is 33.3 Å². The van der Waals surface area contributed by atoms with E-state index < -0.39 is 0 Å². The topological polar surface area (TPSA) is 32.3 Å². The van der Waals surface area contributed by atoms with Gasteiger partial charge in [0.2, 0.25) is 5.91 Å². The minimum Gasteiger partial charge on any atom is -0.338 e. The fourth-order valence-electron chi connectivity index (χ4n) is 3.38. The van der Waals surface area contributed by atoms with Crippen LogP contribution in [0, 0.1) is 5.92 Å². The summed E-state index contributed by atoms with van der Waals surface area (Å²) in [7, 11) is 0. The first-order chi connectivity index (χ1) is 10.0. The van der Waals surface area contributed by atoms with Crippen molar-refractivity contribution in [2.75, 3.05) is 13.1 Å². The Bertz CT molecular complexity index is 565.